The molecule has 0 spiro atoms. The fraction of sp³-hybridized carbons (Fsp3) is 0.556. The van der Waals surface area contributed by atoms with Gasteiger partial charge in [-0.2, -0.15) is 0 Å². The number of amides is 1. The minimum absolute atomic E-state index is 0.193. The highest BCUT2D eigenvalue weighted by Crippen LogP contribution is 2.23. The third-order valence-corrected chi connectivity index (χ3v) is 4.26. The Balaban J connectivity index is 1.67. The third-order valence-electron chi connectivity index (χ3n) is 4.26. The number of para-hydroxylation sites is 1. The molecule has 1 fully saturated rings. The molecule has 1 saturated carbocycles. The zero-order valence-electron chi connectivity index (χ0n) is 13.8. The van der Waals surface area contributed by atoms with Crippen molar-refractivity contribution in [1.82, 2.24) is 5.32 Å². The topological polar surface area (TPSA) is 64.6 Å². The summed E-state index contributed by atoms with van der Waals surface area (Å²) in [5, 5.41) is 2.95. The van der Waals surface area contributed by atoms with E-state index in [9.17, 15) is 9.59 Å². The first kappa shape index (κ1) is 17.3. The number of ether oxygens (including phenoxy) is 2. The number of benzene rings is 1. The Hall–Kier alpha value is -2.04. The van der Waals surface area contributed by atoms with Crippen LogP contribution in [-0.2, 0) is 14.3 Å². The molecule has 1 aliphatic carbocycles. The van der Waals surface area contributed by atoms with Crippen LogP contribution >= 0.6 is 0 Å². The van der Waals surface area contributed by atoms with Crippen molar-refractivity contribution in [3.8, 4) is 5.75 Å². The number of rotatable bonds is 6. The third kappa shape index (κ3) is 5.58. The van der Waals surface area contributed by atoms with Crippen molar-refractivity contribution >= 4 is 11.9 Å². The second-order valence-electron chi connectivity index (χ2n) is 6.15. The van der Waals surface area contributed by atoms with Crippen molar-refractivity contribution in [2.75, 3.05) is 13.2 Å². The quantitative estimate of drug-likeness (QED) is 0.819. The standard InChI is InChI=1S/C18H25NO4/c1-13-7-3-5-9-15(13)19-17(20)11-23-18(21)12-22-16-10-6-4-8-14(16)2/h4,6,8,10,13,15H,3,5,7,9,11-12H2,1-2H3,(H,19,20)/t13-,15-/m0/s1. The Morgan fingerprint density at radius 3 is 2.65 bits per heavy atom. The lowest BCUT2D eigenvalue weighted by Gasteiger charge is -2.29. The van der Waals surface area contributed by atoms with E-state index in [-0.39, 0.29) is 25.2 Å². The largest absolute Gasteiger partial charge is 0.482 e. The van der Waals surface area contributed by atoms with Crippen LogP contribution in [0.3, 0.4) is 0 Å². The average molecular weight is 319 g/mol. The number of hydrogen-bond acceptors (Lipinski definition) is 4. The summed E-state index contributed by atoms with van der Waals surface area (Å²) < 4.78 is 10.4. The lowest BCUT2D eigenvalue weighted by Crippen LogP contribution is -2.43. The first-order valence-electron chi connectivity index (χ1n) is 8.19. The van der Waals surface area contributed by atoms with Gasteiger partial charge < -0.3 is 14.8 Å². The summed E-state index contributed by atoms with van der Waals surface area (Å²) in [6, 6.07) is 7.63. The number of aryl methyl sites for hydroxylation is 1. The van der Waals surface area contributed by atoms with Crippen LogP contribution < -0.4 is 10.1 Å². The van der Waals surface area contributed by atoms with Crippen LogP contribution in [0.15, 0.2) is 24.3 Å². The first-order valence-corrected chi connectivity index (χ1v) is 8.19. The van der Waals surface area contributed by atoms with Gasteiger partial charge in [-0.3, -0.25) is 4.79 Å². The smallest absolute Gasteiger partial charge is 0.344 e. The Kier molecular flexibility index (Phi) is 6.44. The first-order chi connectivity index (χ1) is 11.1. The minimum Gasteiger partial charge on any atom is -0.482 e. The number of nitrogens with one attached hydrogen (secondary N) is 1. The minimum atomic E-state index is -0.542. The van der Waals surface area contributed by atoms with E-state index < -0.39 is 5.97 Å². The molecule has 1 aromatic rings. The van der Waals surface area contributed by atoms with Crippen LogP contribution in [0, 0.1) is 12.8 Å². The Bertz CT molecular complexity index is 544. The maximum absolute atomic E-state index is 11.9. The normalized spacial score (nSPS) is 20.6. The van der Waals surface area contributed by atoms with Gasteiger partial charge in [0.25, 0.3) is 5.91 Å². The van der Waals surface area contributed by atoms with E-state index in [0.29, 0.717) is 11.7 Å². The van der Waals surface area contributed by atoms with Gasteiger partial charge in [0.2, 0.25) is 0 Å². The summed E-state index contributed by atoms with van der Waals surface area (Å²) in [5.74, 6) is 0.339. The molecular formula is C18H25NO4. The molecule has 1 N–H and O–H groups in total. The molecule has 23 heavy (non-hydrogen) atoms. The maximum atomic E-state index is 11.9. The van der Waals surface area contributed by atoms with E-state index in [0.717, 1.165) is 24.8 Å². The van der Waals surface area contributed by atoms with Gasteiger partial charge in [0.1, 0.15) is 5.75 Å². The summed E-state index contributed by atoms with van der Waals surface area (Å²) in [4.78, 5) is 23.5. The fourth-order valence-corrected chi connectivity index (χ4v) is 2.82. The van der Waals surface area contributed by atoms with E-state index in [1.807, 2.05) is 25.1 Å². The summed E-state index contributed by atoms with van der Waals surface area (Å²) >= 11 is 0. The molecule has 5 heteroatoms. The highest BCUT2D eigenvalue weighted by Gasteiger charge is 2.23. The summed E-state index contributed by atoms with van der Waals surface area (Å²) in [5.41, 5.74) is 0.948. The van der Waals surface area contributed by atoms with Crippen LogP contribution in [0.4, 0.5) is 0 Å². The predicted octanol–water partition coefficient (Wildman–Crippen LogP) is 2.61. The van der Waals surface area contributed by atoms with E-state index in [2.05, 4.69) is 12.2 Å². The SMILES string of the molecule is Cc1ccccc1OCC(=O)OCC(=O)N[C@H]1CCCC[C@@H]1C. The van der Waals surface area contributed by atoms with Gasteiger partial charge in [-0.05, 0) is 37.3 Å². The summed E-state index contributed by atoms with van der Waals surface area (Å²) in [6.07, 6.45) is 4.49. The van der Waals surface area contributed by atoms with Crippen molar-refractivity contribution in [2.45, 2.75) is 45.6 Å². The van der Waals surface area contributed by atoms with Crippen molar-refractivity contribution in [1.29, 1.82) is 0 Å². The van der Waals surface area contributed by atoms with Crippen molar-refractivity contribution in [3.63, 3.8) is 0 Å². The maximum Gasteiger partial charge on any atom is 0.344 e. The average Bonchev–Trinajstić information content (AvgIpc) is 2.54. The zero-order chi connectivity index (χ0) is 16.7. The van der Waals surface area contributed by atoms with E-state index >= 15 is 0 Å². The number of hydrogen-bond donors (Lipinski definition) is 1. The van der Waals surface area contributed by atoms with Gasteiger partial charge in [0, 0.05) is 6.04 Å². The molecule has 2 atom stereocenters. The molecule has 0 aliphatic heterocycles. The fourth-order valence-electron chi connectivity index (χ4n) is 2.82. The molecule has 5 nitrogen and oxygen atoms in total. The Labute approximate surface area is 137 Å². The van der Waals surface area contributed by atoms with Crippen molar-refractivity contribution < 1.29 is 19.1 Å². The van der Waals surface area contributed by atoms with E-state index in [1.54, 1.807) is 6.07 Å². The highest BCUT2D eigenvalue weighted by molar-refractivity contribution is 5.81. The van der Waals surface area contributed by atoms with Gasteiger partial charge in [-0.25, -0.2) is 4.79 Å². The van der Waals surface area contributed by atoms with Gasteiger partial charge in [-0.15, -0.1) is 0 Å². The van der Waals surface area contributed by atoms with Crippen LogP contribution in [0.2, 0.25) is 0 Å². The molecule has 1 amide bonds. The van der Waals surface area contributed by atoms with Crippen molar-refractivity contribution in [3.05, 3.63) is 29.8 Å². The lowest BCUT2D eigenvalue weighted by molar-refractivity contribution is -0.150. The predicted molar refractivity (Wildman–Crippen MR) is 87.2 cm³/mol. The van der Waals surface area contributed by atoms with E-state index in [4.69, 9.17) is 9.47 Å². The molecule has 0 bridgehead atoms. The Morgan fingerprint density at radius 2 is 1.91 bits per heavy atom. The molecule has 126 valence electrons. The molecule has 1 aromatic carbocycles. The lowest BCUT2D eigenvalue weighted by atomic mass is 9.86. The monoisotopic (exact) mass is 319 g/mol. The van der Waals surface area contributed by atoms with E-state index in [1.165, 1.54) is 6.42 Å². The van der Waals surface area contributed by atoms with Gasteiger partial charge in [0.15, 0.2) is 13.2 Å². The molecule has 0 unspecified atom stereocenters. The number of carbonyl (C=O) groups excluding carboxylic acids is 2. The van der Waals surface area contributed by atoms with Crippen LogP contribution in [0.1, 0.15) is 38.2 Å². The number of esters is 1. The number of carbonyl (C=O) groups is 2. The van der Waals surface area contributed by atoms with Crippen LogP contribution in [-0.4, -0.2) is 31.1 Å². The molecule has 0 saturated heterocycles. The summed E-state index contributed by atoms with van der Waals surface area (Å²) in [6.45, 7) is 3.60. The Morgan fingerprint density at radius 1 is 1.17 bits per heavy atom. The van der Waals surface area contributed by atoms with Gasteiger partial charge in [0.05, 0.1) is 0 Å². The zero-order valence-corrected chi connectivity index (χ0v) is 13.8. The molecule has 0 heterocycles. The van der Waals surface area contributed by atoms with Gasteiger partial charge >= 0.3 is 5.97 Å². The van der Waals surface area contributed by atoms with Gasteiger partial charge in [-0.1, -0.05) is 38.0 Å². The van der Waals surface area contributed by atoms with Crippen LogP contribution in [0.25, 0.3) is 0 Å². The molecule has 1 aliphatic rings. The highest BCUT2D eigenvalue weighted by atomic mass is 16.6. The molecule has 0 radical (unpaired) electrons. The molecule has 2 rings (SSSR count). The molecular weight excluding hydrogens is 294 g/mol. The molecule has 0 aromatic heterocycles. The second-order valence-corrected chi connectivity index (χ2v) is 6.15. The van der Waals surface area contributed by atoms with Crippen molar-refractivity contribution in [2.24, 2.45) is 5.92 Å². The second kappa shape index (κ2) is 8.56. The summed E-state index contributed by atoms with van der Waals surface area (Å²) in [7, 11) is 0. The van der Waals surface area contributed by atoms with Crippen LogP contribution in [0.5, 0.6) is 5.75 Å².